The lowest BCUT2D eigenvalue weighted by Gasteiger charge is -2.22. The number of aryl methyl sites for hydroxylation is 1. The van der Waals surface area contributed by atoms with Crippen molar-refractivity contribution in [1.82, 2.24) is 4.37 Å². The first-order chi connectivity index (χ1) is 7.69. The highest BCUT2D eigenvalue weighted by Gasteiger charge is 2.30. The Morgan fingerprint density at radius 2 is 2.12 bits per heavy atom. The molecule has 0 aromatic carbocycles. The highest BCUT2D eigenvalue weighted by Crippen LogP contribution is 2.25. The fourth-order valence-corrected chi connectivity index (χ4v) is 2.12. The van der Waals surface area contributed by atoms with Crippen molar-refractivity contribution in [3.8, 4) is 6.07 Å². The third-order valence-electron chi connectivity index (χ3n) is 2.65. The van der Waals surface area contributed by atoms with E-state index in [0.29, 0.717) is 16.3 Å². The number of rotatable bonds is 4. The number of hydrogen-bond donors (Lipinski definition) is 1. The zero-order chi connectivity index (χ0) is 13.3. The zero-order valence-corrected chi connectivity index (χ0v) is 11.9. The van der Waals surface area contributed by atoms with Gasteiger partial charge in [-0.3, -0.25) is 0 Å². The van der Waals surface area contributed by atoms with E-state index in [0.717, 1.165) is 0 Å². The Kier molecular flexibility index (Phi) is 3.79. The van der Waals surface area contributed by atoms with Crippen molar-refractivity contribution in [1.29, 1.82) is 5.26 Å². The Balaban J connectivity index is 2.86. The van der Waals surface area contributed by atoms with Crippen LogP contribution in [0.2, 0.25) is 0 Å². The summed E-state index contributed by atoms with van der Waals surface area (Å²) in [5.41, 5.74) is 1.15. The monoisotopic (exact) mass is 273 g/mol. The Bertz CT molecular complexity index is 553. The largest absolute Gasteiger partial charge is 0.373 e. The third-order valence-corrected chi connectivity index (χ3v) is 5.70. The van der Waals surface area contributed by atoms with Crippen LogP contribution in [-0.2, 0) is 9.84 Å². The van der Waals surface area contributed by atoms with Gasteiger partial charge in [-0.25, -0.2) is 8.42 Å². The fourth-order valence-electron chi connectivity index (χ4n) is 1.05. The van der Waals surface area contributed by atoms with Gasteiger partial charge in [0.2, 0.25) is 0 Å². The van der Waals surface area contributed by atoms with E-state index in [9.17, 15) is 8.42 Å². The molecule has 1 N–H and O–H groups in total. The van der Waals surface area contributed by atoms with Crippen molar-refractivity contribution in [2.45, 2.75) is 25.5 Å². The van der Waals surface area contributed by atoms with Gasteiger partial charge in [-0.2, -0.15) is 9.64 Å². The second-order valence-electron chi connectivity index (χ2n) is 4.47. The molecule has 1 aromatic rings. The van der Waals surface area contributed by atoms with Crippen LogP contribution < -0.4 is 5.32 Å². The maximum Gasteiger partial charge on any atom is 0.154 e. The molecule has 0 unspecified atom stereocenters. The first-order valence-corrected chi connectivity index (χ1v) is 7.65. The summed E-state index contributed by atoms with van der Waals surface area (Å²) < 4.78 is 26.2. The minimum atomic E-state index is -3.15. The molecule has 1 aromatic heterocycles. The maximum absolute atomic E-state index is 11.5. The molecular weight excluding hydrogens is 258 g/mol. The molecule has 1 rings (SSSR count). The predicted octanol–water partition coefficient (Wildman–Crippen LogP) is 1.56. The van der Waals surface area contributed by atoms with Crippen molar-refractivity contribution in [2.24, 2.45) is 0 Å². The highest BCUT2D eigenvalue weighted by molar-refractivity contribution is 7.92. The van der Waals surface area contributed by atoms with Crippen LogP contribution in [0, 0.1) is 18.3 Å². The summed E-state index contributed by atoms with van der Waals surface area (Å²) >= 11 is 1.17. The molecule has 0 radical (unpaired) electrons. The van der Waals surface area contributed by atoms with Crippen LogP contribution in [0.5, 0.6) is 0 Å². The first-order valence-electron chi connectivity index (χ1n) is 4.99. The van der Waals surface area contributed by atoms with E-state index in [1.54, 1.807) is 20.8 Å². The van der Waals surface area contributed by atoms with E-state index in [1.807, 2.05) is 0 Å². The Hall–Kier alpha value is -1.13. The van der Waals surface area contributed by atoms with Crippen LogP contribution in [0.3, 0.4) is 0 Å². The van der Waals surface area contributed by atoms with Gasteiger partial charge < -0.3 is 5.32 Å². The van der Waals surface area contributed by atoms with Gasteiger partial charge in [0, 0.05) is 12.8 Å². The van der Waals surface area contributed by atoms with Crippen molar-refractivity contribution in [3.63, 3.8) is 0 Å². The van der Waals surface area contributed by atoms with Gasteiger partial charge in [-0.05, 0) is 32.3 Å². The number of anilines is 1. The summed E-state index contributed by atoms with van der Waals surface area (Å²) in [5.74, 6) is 0. The average Bonchev–Trinajstić information content (AvgIpc) is 2.54. The SMILES string of the molecule is Cc1nsc(NCC(C)(C)S(C)(=O)=O)c1C#N. The second kappa shape index (κ2) is 4.63. The molecule has 0 aliphatic rings. The van der Waals surface area contributed by atoms with E-state index in [2.05, 4.69) is 15.8 Å². The van der Waals surface area contributed by atoms with Crippen molar-refractivity contribution in [2.75, 3.05) is 18.1 Å². The molecule has 0 amide bonds. The Morgan fingerprint density at radius 3 is 2.59 bits per heavy atom. The quantitative estimate of drug-likeness (QED) is 0.900. The van der Waals surface area contributed by atoms with E-state index in [1.165, 1.54) is 17.8 Å². The van der Waals surface area contributed by atoms with Crippen LogP contribution in [-0.4, -0.2) is 30.3 Å². The smallest absolute Gasteiger partial charge is 0.154 e. The van der Waals surface area contributed by atoms with Gasteiger partial charge in [0.25, 0.3) is 0 Å². The molecule has 0 bridgehead atoms. The lowest BCUT2D eigenvalue weighted by Crippen LogP contribution is -2.38. The Labute approximate surface area is 106 Å². The van der Waals surface area contributed by atoms with Crippen molar-refractivity contribution in [3.05, 3.63) is 11.3 Å². The van der Waals surface area contributed by atoms with E-state index >= 15 is 0 Å². The van der Waals surface area contributed by atoms with Crippen LogP contribution >= 0.6 is 11.5 Å². The van der Waals surface area contributed by atoms with Crippen LogP contribution in [0.4, 0.5) is 5.00 Å². The number of nitrogens with one attached hydrogen (secondary N) is 1. The number of nitrogens with zero attached hydrogens (tertiary/aromatic N) is 2. The maximum atomic E-state index is 11.5. The number of hydrogen-bond acceptors (Lipinski definition) is 6. The molecular formula is C10H15N3O2S2. The molecule has 1 heterocycles. The Morgan fingerprint density at radius 1 is 1.53 bits per heavy atom. The van der Waals surface area contributed by atoms with E-state index in [-0.39, 0.29) is 6.54 Å². The lowest BCUT2D eigenvalue weighted by atomic mass is 10.2. The summed E-state index contributed by atoms with van der Waals surface area (Å²) in [7, 11) is -3.15. The molecule has 5 nitrogen and oxygen atoms in total. The minimum absolute atomic E-state index is 0.252. The minimum Gasteiger partial charge on any atom is -0.373 e. The van der Waals surface area contributed by atoms with Gasteiger partial charge in [0.1, 0.15) is 16.6 Å². The molecule has 7 heteroatoms. The van der Waals surface area contributed by atoms with Gasteiger partial charge >= 0.3 is 0 Å². The van der Waals surface area contributed by atoms with Crippen LogP contribution in [0.1, 0.15) is 25.1 Å². The zero-order valence-electron chi connectivity index (χ0n) is 10.2. The lowest BCUT2D eigenvalue weighted by molar-refractivity contribution is 0.560. The van der Waals surface area contributed by atoms with E-state index < -0.39 is 14.6 Å². The molecule has 0 saturated carbocycles. The molecule has 0 aliphatic heterocycles. The molecule has 0 spiro atoms. The van der Waals surface area contributed by atoms with Crippen molar-refractivity contribution >= 4 is 26.4 Å². The predicted molar refractivity (Wildman–Crippen MR) is 69.0 cm³/mol. The van der Waals surface area contributed by atoms with Gasteiger partial charge in [-0.1, -0.05) is 0 Å². The van der Waals surface area contributed by atoms with Gasteiger partial charge in [-0.15, -0.1) is 0 Å². The van der Waals surface area contributed by atoms with Crippen LogP contribution in [0.25, 0.3) is 0 Å². The molecule has 17 heavy (non-hydrogen) atoms. The van der Waals surface area contributed by atoms with Crippen molar-refractivity contribution < 1.29 is 8.42 Å². The number of nitriles is 1. The fraction of sp³-hybridized carbons (Fsp3) is 0.600. The average molecular weight is 273 g/mol. The van der Waals surface area contributed by atoms with E-state index in [4.69, 9.17) is 5.26 Å². The molecule has 0 aliphatic carbocycles. The first kappa shape index (κ1) is 13.9. The molecule has 0 atom stereocenters. The molecule has 0 fully saturated rings. The highest BCUT2D eigenvalue weighted by atomic mass is 32.2. The summed E-state index contributed by atoms with van der Waals surface area (Å²) in [4.78, 5) is 0. The third kappa shape index (κ3) is 2.96. The standard InChI is InChI=1S/C10H15N3O2S2/c1-7-8(5-11)9(16-13-7)12-6-10(2,3)17(4,14)15/h12H,6H2,1-4H3. The number of sulfone groups is 1. The number of aromatic nitrogens is 1. The molecule has 94 valence electrons. The van der Waals surface area contributed by atoms with Gasteiger partial charge in [0.15, 0.2) is 9.84 Å². The molecule has 0 saturated heterocycles. The topological polar surface area (TPSA) is 82.8 Å². The summed E-state index contributed by atoms with van der Waals surface area (Å²) in [6.07, 6.45) is 1.21. The summed E-state index contributed by atoms with van der Waals surface area (Å²) in [6.45, 7) is 5.30. The normalized spacial score (nSPS) is 12.2. The second-order valence-corrected chi connectivity index (χ2v) is 7.89. The summed E-state index contributed by atoms with van der Waals surface area (Å²) in [6, 6.07) is 2.05. The van der Waals surface area contributed by atoms with Gasteiger partial charge in [0.05, 0.1) is 10.4 Å². The van der Waals surface area contributed by atoms with Crippen LogP contribution in [0.15, 0.2) is 0 Å². The summed E-state index contributed by atoms with van der Waals surface area (Å²) in [5, 5.41) is 12.5.